The number of rotatable bonds is 9. The van der Waals surface area contributed by atoms with Crippen molar-refractivity contribution < 1.29 is 9.59 Å². The van der Waals surface area contributed by atoms with Gasteiger partial charge in [0.25, 0.3) is 0 Å². The maximum absolute atomic E-state index is 13.1. The van der Waals surface area contributed by atoms with E-state index >= 15 is 0 Å². The lowest BCUT2D eigenvalue weighted by molar-refractivity contribution is -0.126. The number of amidine groups is 1. The van der Waals surface area contributed by atoms with Crippen molar-refractivity contribution >= 4 is 39.1 Å². The smallest absolute Gasteiger partial charge is 0.224 e. The first-order valence-electron chi connectivity index (χ1n) is 9.78. The Labute approximate surface area is 168 Å². The highest BCUT2D eigenvalue weighted by Gasteiger charge is 2.28. The Balaban J connectivity index is 1.70. The van der Waals surface area contributed by atoms with E-state index in [4.69, 9.17) is 11.1 Å². The van der Waals surface area contributed by atoms with Gasteiger partial charge in [-0.15, -0.1) is 11.3 Å². The zero-order valence-corrected chi connectivity index (χ0v) is 16.7. The number of nitrogens with two attached hydrogens (primary N) is 1. The number of amides is 1. The summed E-state index contributed by atoms with van der Waals surface area (Å²) in [5.74, 6) is -0.164. The number of carbonyl (C=O) groups is 2. The predicted molar refractivity (Wildman–Crippen MR) is 112 cm³/mol. The summed E-state index contributed by atoms with van der Waals surface area (Å²) >= 11 is 1.36. The maximum atomic E-state index is 13.1. The third kappa shape index (κ3) is 5.36. The largest absolute Gasteiger partial charge is 0.388 e. The van der Waals surface area contributed by atoms with Gasteiger partial charge >= 0.3 is 0 Å². The Kier molecular flexibility index (Phi) is 7.11. The van der Waals surface area contributed by atoms with Crippen molar-refractivity contribution in [3.8, 4) is 0 Å². The van der Waals surface area contributed by atoms with Crippen molar-refractivity contribution in [1.82, 2.24) is 15.6 Å². The highest BCUT2D eigenvalue weighted by atomic mass is 32.1. The molecule has 1 aromatic heterocycles. The molecule has 2 aromatic rings. The first kappa shape index (κ1) is 20.4. The number of hydrogen-bond donors (Lipinski definition) is 4. The molecule has 0 radical (unpaired) electrons. The maximum Gasteiger partial charge on any atom is 0.224 e. The number of piperidine rings is 1. The van der Waals surface area contributed by atoms with Gasteiger partial charge in [0, 0.05) is 13.0 Å². The second-order valence-electron chi connectivity index (χ2n) is 7.23. The molecule has 5 N–H and O–H groups in total. The van der Waals surface area contributed by atoms with E-state index in [0.29, 0.717) is 30.8 Å². The normalized spacial score (nSPS) is 17.9. The van der Waals surface area contributed by atoms with Crippen LogP contribution in [0, 0.1) is 11.3 Å². The third-order valence-corrected chi connectivity index (χ3v) is 6.05. The number of ketones is 1. The highest BCUT2D eigenvalue weighted by Crippen LogP contribution is 2.24. The standard InChI is InChI=1S/C20H27N5O2S/c21-17(22)10-4-2-8-15(24-19(27)13-6-5-11-23-12-13)18(26)20-25-14-7-1-3-9-16(14)28-20/h1,3,7,9,13,15,23H,2,4-6,8,10-12H2,(H3,21,22)(H,24,27)/t13-,15+/m0/s1. The number of unbranched alkanes of at least 4 members (excludes halogenated alkanes) is 1. The van der Waals surface area contributed by atoms with Crippen LogP contribution in [0.2, 0.25) is 0 Å². The summed E-state index contributed by atoms with van der Waals surface area (Å²) in [5, 5.41) is 14.0. The lowest BCUT2D eigenvalue weighted by atomic mass is 9.97. The molecule has 1 aliphatic heterocycles. The highest BCUT2D eigenvalue weighted by molar-refractivity contribution is 7.20. The SMILES string of the molecule is N=C(N)CCCC[C@@H](NC(=O)[C@H]1CCCNC1)C(=O)c1nc2ccccc2s1. The molecule has 1 aliphatic rings. The van der Waals surface area contributed by atoms with Crippen LogP contribution in [0.15, 0.2) is 24.3 Å². The molecular formula is C20H27N5O2S. The molecular weight excluding hydrogens is 374 g/mol. The minimum Gasteiger partial charge on any atom is -0.388 e. The summed E-state index contributed by atoms with van der Waals surface area (Å²) in [7, 11) is 0. The molecule has 3 rings (SSSR count). The molecule has 0 aliphatic carbocycles. The van der Waals surface area contributed by atoms with E-state index in [1.54, 1.807) is 0 Å². The summed E-state index contributed by atoms with van der Waals surface area (Å²) in [6, 6.07) is 7.05. The van der Waals surface area contributed by atoms with Gasteiger partial charge in [-0.2, -0.15) is 0 Å². The van der Waals surface area contributed by atoms with E-state index < -0.39 is 6.04 Å². The number of Topliss-reactive ketones (excluding diaryl/α,β-unsaturated/α-hetero) is 1. The first-order chi connectivity index (χ1) is 13.5. The monoisotopic (exact) mass is 401 g/mol. The van der Waals surface area contributed by atoms with E-state index in [9.17, 15) is 9.59 Å². The van der Waals surface area contributed by atoms with E-state index in [1.807, 2.05) is 24.3 Å². The molecule has 1 fully saturated rings. The van der Waals surface area contributed by atoms with E-state index in [0.717, 1.165) is 36.0 Å². The second kappa shape index (κ2) is 9.75. The van der Waals surface area contributed by atoms with Crippen molar-refractivity contribution in [3.05, 3.63) is 29.3 Å². The van der Waals surface area contributed by atoms with Crippen LogP contribution in [-0.4, -0.2) is 41.6 Å². The van der Waals surface area contributed by atoms with E-state index in [-0.39, 0.29) is 23.4 Å². The molecule has 1 amide bonds. The van der Waals surface area contributed by atoms with Gasteiger partial charge in [0.2, 0.25) is 11.7 Å². The molecule has 2 heterocycles. The van der Waals surface area contributed by atoms with Crippen LogP contribution in [0.3, 0.4) is 0 Å². The molecule has 7 nitrogen and oxygen atoms in total. The van der Waals surface area contributed by atoms with Crippen LogP contribution < -0.4 is 16.4 Å². The van der Waals surface area contributed by atoms with Gasteiger partial charge in [0.1, 0.15) is 0 Å². The molecule has 28 heavy (non-hydrogen) atoms. The quantitative estimate of drug-likeness (QED) is 0.223. The van der Waals surface area contributed by atoms with Gasteiger partial charge in [0.15, 0.2) is 5.01 Å². The molecule has 0 unspecified atom stereocenters. The number of fused-ring (bicyclic) bond motifs is 1. The lowest BCUT2D eigenvalue weighted by Crippen LogP contribution is -2.47. The number of hydrogen-bond acceptors (Lipinski definition) is 6. The van der Waals surface area contributed by atoms with E-state index in [1.165, 1.54) is 11.3 Å². The number of nitrogens with one attached hydrogen (secondary N) is 3. The van der Waals surface area contributed by atoms with Crippen LogP contribution in [0.4, 0.5) is 0 Å². The topological polar surface area (TPSA) is 121 Å². The average Bonchev–Trinajstić information content (AvgIpc) is 3.14. The van der Waals surface area contributed by atoms with Crippen molar-refractivity contribution in [2.75, 3.05) is 13.1 Å². The van der Waals surface area contributed by atoms with Crippen molar-refractivity contribution in [3.63, 3.8) is 0 Å². The van der Waals surface area contributed by atoms with Crippen LogP contribution >= 0.6 is 11.3 Å². The second-order valence-corrected chi connectivity index (χ2v) is 8.26. The number of carbonyl (C=O) groups excluding carboxylic acids is 2. The third-order valence-electron chi connectivity index (χ3n) is 4.99. The molecule has 1 aromatic carbocycles. The summed E-state index contributed by atoms with van der Waals surface area (Å²) < 4.78 is 0.962. The molecule has 0 bridgehead atoms. The molecule has 8 heteroatoms. The Morgan fingerprint density at radius 3 is 2.89 bits per heavy atom. The van der Waals surface area contributed by atoms with Gasteiger partial charge in [0.05, 0.1) is 28.0 Å². The fourth-order valence-corrected chi connectivity index (χ4v) is 4.38. The zero-order valence-electron chi connectivity index (χ0n) is 15.9. The number of thiazole rings is 1. The van der Waals surface area contributed by atoms with Crippen molar-refractivity contribution in [1.29, 1.82) is 5.41 Å². The fraction of sp³-hybridized carbons (Fsp3) is 0.500. The predicted octanol–water partition coefficient (Wildman–Crippen LogP) is 2.46. The molecule has 1 saturated heterocycles. The summed E-state index contributed by atoms with van der Waals surface area (Å²) in [6.45, 7) is 1.58. The lowest BCUT2D eigenvalue weighted by Gasteiger charge is -2.24. The van der Waals surface area contributed by atoms with Gasteiger partial charge in [-0.1, -0.05) is 18.6 Å². The fourth-order valence-electron chi connectivity index (χ4n) is 3.42. The number of para-hydroxylation sites is 1. The molecule has 150 valence electrons. The Hall–Kier alpha value is -2.32. The molecule has 0 spiro atoms. The van der Waals surface area contributed by atoms with Crippen LogP contribution in [0.1, 0.15) is 48.3 Å². The van der Waals surface area contributed by atoms with Crippen LogP contribution in [-0.2, 0) is 4.79 Å². The van der Waals surface area contributed by atoms with Crippen molar-refractivity contribution in [2.24, 2.45) is 11.7 Å². The zero-order chi connectivity index (χ0) is 19.9. The summed E-state index contributed by atoms with van der Waals surface area (Å²) in [5.41, 5.74) is 6.21. The van der Waals surface area contributed by atoms with Gasteiger partial charge in [-0.3, -0.25) is 15.0 Å². The Bertz CT molecular complexity index is 811. The van der Waals surface area contributed by atoms with Crippen LogP contribution in [0.5, 0.6) is 0 Å². The van der Waals surface area contributed by atoms with E-state index in [2.05, 4.69) is 15.6 Å². The Morgan fingerprint density at radius 1 is 1.36 bits per heavy atom. The van der Waals surface area contributed by atoms with Crippen LogP contribution in [0.25, 0.3) is 10.2 Å². The first-order valence-corrected chi connectivity index (χ1v) is 10.6. The number of benzene rings is 1. The van der Waals surface area contributed by atoms with Gasteiger partial charge < -0.3 is 16.4 Å². The summed E-state index contributed by atoms with van der Waals surface area (Å²) in [6.07, 6.45) is 4.26. The van der Waals surface area contributed by atoms with Gasteiger partial charge in [-0.05, 0) is 44.4 Å². The molecule has 0 saturated carbocycles. The summed E-state index contributed by atoms with van der Waals surface area (Å²) in [4.78, 5) is 30.3. The number of aromatic nitrogens is 1. The molecule has 2 atom stereocenters. The number of nitrogens with zero attached hydrogens (tertiary/aromatic N) is 1. The Morgan fingerprint density at radius 2 is 2.18 bits per heavy atom. The minimum absolute atomic E-state index is 0.0711. The van der Waals surface area contributed by atoms with Gasteiger partial charge in [-0.25, -0.2) is 4.98 Å². The van der Waals surface area contributed by atoms with Crippen molar-refractivity contribution in [2.45, 2.75) is 44.6 Å². The average molecular weight is 402 g/mol. The minimum atomic E-state index is -0.595.